The number of benzene rings is 2. The topological polar surface area (TPSA) is 66.5 Å². The van der Waals surface area contributed by atoms with Gasteiger partial charge in [0.15, 0.2) is 0 Å². The second-order valence-corrected chi connectivity index (χ2v) is 9.00. The molecule has 1 aliphatic heterocycles. The molecule has 0 atom stereocenters. The Morgan fingerprint density at radius 2 is 1.89 bits per heavy atom. The van der Waals surface area contributed by atoms with Crippen molar-refractivity contribution in [3.05, 3.63) is 65.2 Å². The summed E-state index contributed by atoms with van der Waals surface area (Å²) < 4.78 is 25.9. The number of hydrogen-bond donors (Lipinski definition) is 1. The predicted octanol–water partition coefficient (Wildman–Crippen LogP) is 3.29. The molecule has 0 radical (unpaired) electrons. The Balaban J connectivity index is 1.56. The number of aryl methyl sites for hydroxylation is 2. The van der Waals surface area contributed by atoms with Gasteiger partial charge in [0, 0.05) is 18.7 Å². The zero-order valence-electron chi connectivity index (χ0n) is 15.6. The second-order valence-electron chi connectivity index (χ2n) is 6.99. The molecule has 1 heterocycles. The highest BCUT2D eigenvalue weighted by molar-refractivity contribution is 7.92. The predicted molar refractivity (Wildman–Crippen MR) is 109 cm³/mol. The summed E-state index contributed by atoms with van der Waals surface area (Å²) in [5.74, 6) is -0.00206. The molecular weight excluding hydrogens is 360 g/mol. The quantitative estimate of drug-likeness (QED) is 0.775. The van der Waals surface area contributed by atoms with E-state index >= 15 is 0 Å². The van der Waals surface area contributed by atoms with Crippen LogP contribution in [-0.4, -0.2) is 33.2 Å². The van der Waals surface area contributed by atoms with E-state index in [0.29, 0.717) is 30.8 Å². The molecule has 1 N–H and O–H groups in total. The van der Waals surface area contributed by atoms with Gasteiger partial charge in [-0.3, -0.25) is 9.10 Å². The summed E-state index contributed by atoms with van der Waals surface area (Å²) in [6, 6.07) is 15.3. The molecule has 1 fully saturated rings. The number of nitrogens with zero attached hydrogens (tertiary/aromatic N) is 1. The highest BCUT2D eigenvalue weighted by Gasteiger charge is 2.26. The van der Waals surface area contributed by atoms with Crippen molar-refractivity contribution in [3.63, 3.8) is 0 Å². The number of nitrogens with one attached hydrogen (secondary N) is 1. The molecule has 0 unspecified atom stereocenters. The summed E-state index contributed by atoms with van der Waals surface area (Å²) in [6.07, 6.45) is 3.30. The van der Waals surface area contributed by atoms with Crippen LogP contribution in [0.5, 0.6) is 0 Å². The van der Waals surface area contributed by atoms with Crippen LogP contribution in [0.2, 0.25) is 0 Å². The van der Waals surface area contributed by atoms with Crippen molar-refractivity contribution in [2.45, 2.75) is 32.6 Å². The second kappa shape index (κ2) is 8.57. The first kappa shape index (κ1) is 19.4. The lowest BCUT2D eigenvalue weighted by Gasteiger charge is -2.28. The molecule has 0 spiro atoms. The lowest BCUT2D eigenvalue weighted by Crippen LogP contribution is -2.38. The minimum absolute atomic E-state index is 0.169. The molecule has 27 heavy (non-hydrogen) atoms. The number of carbonyl (C=O) groups excluding carboxylic acids is 1. The van der Waals surface area contributed by atoms with E-state index in [1.807, 2.05) is 0 Å². The van der Waals surface area contributed by atoms with E-state index in [0.717, 1.165) is 19.3 Å². The average Bonchev–Trinajstić information content (AvgIpc) is 2.66. The average molecular weight is 387 g/mol. The number of sulfonamides is 1. The first-order valence-electron chi connectivity index (χ1n) is 9.40. The largest absolute Gasteiger partial charge is 0.352 e. The first-order chi connectivity index (χ1) is 13.0. The Morgan fingerprint density at radius 1 is 1.11 bits per heavy atom. The standard InChI is InChI=1S/C21H26N2O3S/c1-17-9-11-18(12-10-17)6-5-13-22-21(24)19-7-4-8-20(16-19)23-14-2-3-15-27(23,25)26/h4,7-12,16H,2-3,5-6,13-15H2,1H3,(H,22,24). The van der Waals surface area contributed by atoms with Crippen molar-refractivity contribution in [1.82, 2.24) is 5.32 Å². The Bertz CT molecular complexity index is 892. The van der Waals surface area contributed by atoms with E-state index in [4.69, 9.17) is 0 Å². The van der Waals surface area contributed by atoms with Crippen LogP contribution in [0, 0.1) is 6.92 Å². The van der Waals surface area contributed by atoms with Gasteiger partial charge in [0.2, 0.25) is 10.0 Å². The Labute approximate surface area is 161 Å². The van der Waals surface area contributed by atoms with E-state index in [1.54, 1.807) is 24.3 Å². The molecule has 1 amide bonds. The fraction of sp³-hybridized carbons (Fsp3) is 0.381. The molecule has 144 valence electrons. The zero-order valence-corrected chi connectivity index (χ0v) is 16.5. The van der Waals surface area contributed by atoms with Gasteiger partial charge in [-0.1, -0.05) is 35.9 Å². The minimum atomic E-state index is -3.27. The maximum Gasteiger partial charge on any atom is 0.251 e. The normalized spacial score (nSPS) is 16.1. The van der Waals surface area contributed by atoms with E-state index in [2.05, 4.69) is 36.5 Å². The molecule has 5 nitrogen and oxygen atoms in total. The Kier molecular flexibility index (Phi) is 6.16. The molecule has 1 saturated heterocycles. The maximum absolute atomic E-state index is 12.4. The van der Waals surface area contributed by atoms with Crippen molar-refractivity contribution >= 4 is 21.6 Å². The third-order valence-corrected chi connectivity index (χ3v) is 6.66. The van der Waals surface area contributed by atoms with E-state index in [1.165, 1.54) is 15.4 Å². The van der Waals surface area contributed by atoms with Gasteiger partial charge in [-0.05, 0) is 56.4 Å². The van der Waals surface area contributed by atoms with Crippen LogP contribution >= 0.6 is 0 Å². The van der Waals surface area contributed by atoms with Gasteiger partial charge in [-0.25, -0.2) is 8.42 Å². The molecule has 0 aliphatic carbocycles. The van der Waals surface area contributed by atoms with Crippen molar-refractivity contribution in [3.8, 4) is 0 Å². The van der Waals surface area contributed by atoms with Gasteiger partial charge >= 0.3 is 0 Å². The minimum Gasteiger partial charge on any atom is -0.352 e. The molecular formula is C21H26N2O3S. The monoisotopic (exact) mass is 386 g/mol. The SMILES string of the molecule is Cc1ccc(CCCNC(=O)c2cccc(N3CCCCS3(=O)=O)c2)cc1. The lowest BCUT2D eigenvalue weighted by molar-refractivity contribution is 0.0953. The molecule has 1 aliphatic rings. The highest BCUT2D eigenvalue weighted by atomic mass is 32.2. The fourth-order valence-corrected chi connectivity index (χ4v) is 4.86. The summed E-state index contributed by atoms with van der Waals surface area (Å²) >= 11 is 0. The third-order valence-electron chi connectivity index (χ3n) is 4.79. The summed E-state index contributed by atoms with van der Waals surface area (Å²) in [5.41, 5.74) is 3.56. The van der Waals surface area contributed by atoms with Crippen LogP contribution in [0.3, 0.4) is 0 Å². The first-order valence-corrected chi connectivity index (χ1v) is 11.0. The van der Waals surface area contributed by atoms with E-state index < -0.39 is 10.0 Å². The van der Waals surface area contributed by atoms with Gasteiger partial charge in [0.1, 0.15) is 0 Å². The summed E-state index contributed by atoms with van der Waals surface area (Å²) in [6.45, 7) is 3.12. The molecule has 2 aromatic carbocycles. The van der Waals surface area contributed by atoms with Gasteiger partial charge in [0.25, 0.3) is 5.91 Å². The lowest BCUT2D eigenvalue weighted by atomic mass is 10.1. The van der Waals surface area contributed by atoms with Gasteiger partial charge in [0.05, 0.1) is 11.4 Å². The van der Waals surface area contributed by atoms with Crippen molar-refractivity contribution < 1.29 is 13.2 Å². The Morgan fingerprint density at radius 3 is 2.63 bits per heavy atom. The van der Waals surface area contributed by atoms with Crippen LogP contribution in [0.4, 0.5) is 5.69 Å². The molecule has 0 aromatic heterocycles. The molecule has 0 bridgehead atoms. The van der Waals surface area contributed by atoms with Gasteiger partial charge in [-0.15, -0.1) is 0 Å². The van der Waals surface area contributed by atoms with Crippen LogP contribution in [0.25, 0.3) is 0 Å². The molecule has 0 saturated carbocycles. The maximum atomic E-state index is 12.4. The number of anilines is 1. The highest BCUT2D eigenvalue weighted by Crippen LogP contribution is 2.24. The number of hydrogen-bond acceptors (Lipinski definition) is 3. The molecule has 3 rings (SSSR count). The van der Waals surface area contributed by atoms with Crippen molar-refractivity contribution in [2.24, 2.45) is 0 Å². The smallest absolute Gasteiger partial charge is 0.251 e. The fourth-order valence-electron chi connectivity index (χ4n) is 3.23. The van der Waals surface area contributed by atoms with Crippen LogP contribution in [-0.2, 0) is 16.4 Å². The van der Waals surface area contributed by atoms with Crippen molar-refractivity contribution in [1.29, 1.82) is 0 Å². The molecule has 6 heteroatoms. The van der Waals surface area contributed by atoms with Crippen LogP contribution in [0.15, 0.2) is 48.5 Å². The summed E-state index contributed by atoms with van der Waals surface area (Å²) in [4.78, 5) is 12.4. The van der Waals surface area contributed by atoms with Crippen LogP contribution < -0.4 is 9.62 Å². The Hall–Kier alpha value is -2.34. The number of rotatable bonds is 6. The van der Waals surface area contributed by atoms with Crippen molar-refractivity contribution in [2.75, 3.05) is 23.1 Å². The number of amides is 1. The molecule has 2 aromatic rings. The summed E-state index contributed by atoms with van der Waals surface area (Å²) in [7, 11) is -3.27. The van der Waals surface area contributed by atoms with Gasteiger partial charge in [-0.2, -0.15) is 0 Å². The zero-order chi connectivity index (χ0) is 19.3. The van der Waals surface area contributed by atoms with Gasteiger partial charge < -0.3 is 5.32 Å². The third kappa shape index (κ3) is 5.10. The summed E-state index contributed by atoms with van der Waals surface area (Å²) in [5, 5.41) is 2.92. The van der Waals surface area contributed by atoms with E-state index in [-0.39, 0.29) is 11.7 Å². The van der Waals surface area contributed by atoms with Crippen LogP contribution in [0.1, 0.15) is 40.7 Å². The number of carbonyl (C=O) groups is 1. The van der Waals surface area contributed by atoms with E-state index in [9.17, 15) is 13.2 Å².